The molecule has 1 aromatic heterocycles. The monoisotopic (exact) mass is 333 g/mol. The van der Waals surface area contributed by atoms with Crippen molar-refractivity contribution in [1.82, 2.24) is 15.3 Å². The minimum Gasteiger partial charge on any atom is -0.479 e. The van der Waals surface area contributed by atoms with E-state index in [1.165, 1.54) is 6.20 Å². The maximum absolute atomic E-state index is 12.8. The Labute approximate surface area is 143 Å². The summed E-state index contributed by atoms with van der Waals surface area (Å²) >= 11 is 0. The van der Waals surface area contributed by atoms with Gasteiger partial charge in [-0.05, 0) is 23.3 Å². The highest BCUT2D eigenvalue weighted by atomic mass is 16.4. The van der Waals surface area contributed by atoms with Gasteiger partial charge in [0.2, 0.25) is 0 Å². The number of benzene rings is 2. The van der Waals surface area contributed by atoms with E-state index in [9.17, 15) is 14.7 Å². The lowest BCUT2D eigenvalue weighted by atomic mass is 9.95. The first-order valence-electron chi connectivity index (χ1n) is 7.91. The molecule has 1 aliphatic rings. The minimum absolute atomic E-state index is 0.265. The van der Waals surface area contributed by atoms with Crippen LogP contribution in [0.15, 0.2) is 54.9 Å². The van der Waals surface area contributed by atoms with E-state index in [0.717, 1.165) is 11.1 Å². The van der Waals surface area contributed by atoms with Crippen molar-refractivity contribution in [3.8, 4) is 0 Å². The fraction of sp³-hybridized carbons (Fsp3) is 0.158. The normalized spacial score (nSPS) is 14.9. The summed E-state index contributed by atoms with van der Waals surface area (Å²) in [6.45, 7) is 0. The Morgan fingerprint density at radius 1 is 0.960 bits per heavy atom. The van der Waals surface area contributed by atoms with Crippen LogP contribution in [0.5, 0.6) is 0 Å². The third-order valence-electron chi connectivity index (χ3n) is 4.61. The molecule has 0 aliphatic heterocycles. The second kappa shape index (κ2) is 5.66. The molecule has 2 N–H and O–H groups in total. The number of carboxylic acid groups (broad SMARTS) is 1. The molecule has 3 aromatic rings. The number of carboxylic acids is 1. The van der Waals surface area contributed by atoms with Gasteiger partial charge in [-0.1, -0.05) is 30.3 Å². The second-order valence-corrected chi connectivity index (χ2v) is 6.19. The van der Waals surface area contributed by atoms with E-state index in [0.29, 0.717) is 16.6 Å². The molecule has 2 aromatic carbocycles. The van der Waals surface area contributed by atoms with Gasteiger partial charge in [0, 0.05) is 25.2 Å². The molecule has 0 radical (unpaired) electrons. The van der Waals surface area contributed by atoms with Crippen LogP contribution in [-0.4, -0.2) is 32.5 Å². The van der Waals surface area contributed by atoms with Crippen LogP contribution in [0.3, 0.4) is 0 Å². The van der Waals surface area contributed by atoms with Gasteiger partial charge in [-0.15, -0.1) is 0 Å². The second-order valence-electron chi connectivity index (χ2n) is 6.19. The first-order chi connectivity index (χ1) is 12.1. The summed E-state index contributed by atoms with van der Waals surface area (Å²) in [5.41, 5.74) is 1.92. The molecule has 0 bridgehead atoms. The molecule has 0 spiro atoms. The van der Waals surface area contributed by atoms with Crippen LogP contribution in [0.1, 0.15) is 21.5 Å². The van der Waals surface area contributed by atoms with Gasteiger partial charge >= 0.3 is 5.97 Å². The zero-order valence-electron chi connectivity index (χ0n) is 13.3. The molecular weight excluding hydrogens is 318 g/mol. The summed E-state index contributed by atoms with van der Waals surface area (Å²) in [5.74, 6) is -1.50. The van der Waals surface area contributed by atoms with Gasteiger partial charge in [-0.3, -0.25) is 14.8 Å². The average Bonchev–Trinajstić information content (AvgIpc) is 3.00. The summed E-state index contributed by atoms with van der Waals surface area (Å²) in [6.07, 6.45) is 3.59. The number of nitrogens with one attached hydrogen (secondary N) is 1. The van der Waals surface area contributed by atoms with Crippen LogP contribution < -0.4 is 5.32 Å². The van der Waals surface area contributed by atoms with E-state index in [2.05, 4.69) is 15.3 Å². The van der Waals surface area contributed by atoms with Crippen LogP contribution in [0.25, 0.3) is 11.0 Å². The van der Waals surface area contributed by atoms with Crippen LogP contribution in [-0.2, 0) is 17.6 Å². The Balaban J connectivity index is 1.70. The molecule has 25 heavy (non-hydrogen) atoms. The minimum atomic E-state index is -1.34. The number of carbonyl (C=O) groups is 2. The maximum Gasteiger partial charge on any atom is 0.330 e. The molecule has 6 heteroatoms. The Morgan fingerprint density at radius 3 is 2.32 bits per heavy atom. The molecule has 0 saturated carbocycles. The van der Waals surface area contributed by atoms with Crippen molar-refractivity contribution < 1.29 is 14.7 Å². The summed E-state index contributed by atoms with van der Waals surface area (Å²) in [4.78, 5) is 33.2. The fourth-order valence-corrected chi connectivity index (χ4v) is 3.37. The summed E-state index contributed by atoms with van der Waals surface area (Å²) < 4.78 is 0. The zero-order valence-corrected chi connectivity index (χ0v) is 13.3. The van der Waals surface area contributed by atoms with Gasteiger partial charge < -0.3 is 10.4 Å². The molecule has 124 valence electrons. The third kappa shape index (κ3) is 2.52. The van der Waals surface area contributed by atoms with E-state index < -0.39 is 17.4 Å². The van der Waals surface area contributed by atoms with Crippen molar-refractivity contribution in [2.45, 2.75) is 18.4 Å². The lowest BCUT2D eigenvalue weighted by molar-refractivity contribution is -0.144. The molecule has 1 aliphatic carbocycles. The van der Waals surface area contributed by atoms with Gasteiger partial charge in [0.1, 0.15) is 11.1 Å². The average molecular weight is 333 g/mol. The van der Waals surface area contributed by atoms with Crippen molar-refractivity contribution in [2.75, 3.05) is 0 Å². The van der Waals surface area contributed by atoms with Gasteiger partial charge in [-0.2, -0.15) is 0 Å². The van der Waals surface area contributed by atoms with E-state index in [-0.39, 0.29) is 12.8 Å². The van der Waals surface area contributed by atoms with Crippen molar-refractivity contribution >= 4 is 22.9 Å². The standard InChI is InChI=1S/C19H15N3O3/c23-17(14-6-3-7-15-16(14)21-9-8-20-15)22-19(18(24)25)10-12-4-1-2-5-13(12)11-19/h1-9H,10-11H2,(H,22,23)(H,24,25). The number of hydrogen-bond acceptors (Lipinski definition) is 4. The van der Waals surface area contributed by atoms with Gasteiger partial charge in [0.25, 0.3) is 5.91 Å². The van der Waals surface area contributed by atoms with E-state index in [1.807, 2.05) is 24.3 Å². The molecule has 4 rings (SSSR count). The van der Waals surface area contributed by atoms with Crippen LogP contribution in [0.2, 0.25) is 0 Å². The number of amides is 1. The number of aromatic nitrogens is 2. The van der Waals surface area contributed by atoms with Gasteiger partial charge in [0.05, 0.1) is 11.1 Å². The Kier molecular flexibility index (Phi) is 3.46. The van der Waals surface area contributed by atoms with Crippen molar-refractivity contribution in [3.05, 3.63) is 71.5 Å². The smallest absolute Gasteiger partial charge is 0.330 e. The zero-order chi connectivity index (χ0) is 17.4. The fourth-order valence-electron chi connectivity index (χ4n) is 3.37. The number of hydrogen-bond donors (Lipinski definition) is 2. The number of carbonyl (C=O) groups excluding carboxylic acids is 1. The van der Waals surface area contributed by atoms with Gasteiger partial charge in [0.15, 0.2) is 0 Å². The lowest BCUT2D eigenvalue weighted by Gasteiger charge is -2.25. The summed E-state index contributed by atoms with van der Waals surface area (Å²) in [6, 6.07) is 12.6. The first-order valence-corrected chi connectivity index (χ1v) is 7.91. The predicted molar refractivity (Wildman–Crippen MR) is 91.2 cm³/mol. The number of rotatable bonds is 3. The van der Waals surface area contributed by atoms with E-state index in [4.69, 9.17) is 0 Å². The molecular formula is C19H15N3O3. The number of nitrogens with zero attached hydrogens (tertiary/aromatic N) is 2. The molecule has 6 nitrogen and oxygen atoms in total. The number of para-hydroxylation sites is 1. The van der Waals surface area contributed by atoms with E-state index in [1.54, 1.807) is 24.4 Å². The molecule has 1 heterocycles. The largest absolute Gasteiger partial charge is 0.479 e. The molecule has 1 amide bonds. The molecule has 0 saturated heterocycles. The van der Waals surface area contributed by atoms with Crippen molar-refractivity contribution in [3.63, 3.8) is 0 Å². The van der Waals surface area contributed by atoms with Crippen molar-refractivity contribution in [1.29, 1.82) is 0 Å². The molecule has 0 unspecified atom stereocenters. The topological polar surface area (TPSA) is 92.2 Å². The van der Waals surface area contributed by atoms with Crippen LogP contribution in [0, 0.1) is 0 Å². The Bertz CT molecular complexity index is 970. The van der Waals surface area contributed by atoms with Gasteiger partial charge in [-0.25, -0.2) is 4.79 Å². The highest BCUT2D eigenvalue weighted by molar-refractivity contribution is 6.06. The number of fused-ring (bicyclic) bond motifs is 2. The quantitative estimate of drug-likeness (QED) is 0.765. The van der Waals surface area contributed by atoms with Crippen LogP contribution >= 0.6 is 0 Å². The first kappa shape index (κ1) is 15.3. The summed E-state index contributed by atoms with van der Waals surface area (Å²) in [5, 5.41) is 12.5. The highest BCUT2D eigenvalue weighted by Crippen LogP contribution is 2.31. The molecule has 0 fully saturated rings. The summed E-state index contributed by atoms with van der Waals surface area (Å²) in [7, 11) is 0. The predicted octanol–water partition coefficient (Wildman–Crippen LogP) is 1.98. The van der Waals surface area contributed by atoms with Crippen LogP contribution in [0.4, 0.5) is 0 Å². The highest BCUT2D eigenvalue weighted by Gasteiger charge is 2.45. The molecule has 0 atom stereocenters. The van der Waals surface area contributed by atoms with Crippen molar-refractivity contribution in [2.24, 2.45) is 0 Å². The SMILES string of the molecule is O=C(NC1(C(=O)O)Cc2ccccc2C1)c1cccc2nccnc12. The Morgan fingerprint density at radius 2 is 1.64 bits per heavy atom. The Hall–Kier alpha value is -3.28. The third-order valence-corrected chi connectivity index (χ3v) is 4.61. The lowest BCUT2D eigenvalue weighted by Crippen LogP contribution is -2.55. The maximum atomic E-state index is 12.8. The number of aliphatic carboxylic acids is 1. The van der Waals surface area contributed by atoms with E-state index >= 15 is 0 Å².